The van der Waals surface area contributed by atoms with E-state index in [0.29, 0.717) is 42.2 Å². The maximum atomic E-state index is 12.7. The van der Waals surface area contributed by atoms with Crippen LogP contribution < -0.4 is 10.0 Å². The van der Waals surface area contributed by atoms with Gasteiger partial charge in [0.2, 0.25) is 5.91 Å². The number of anilines is 2. The third kappa shape index (κ3) is 5.48. The van der Waals surface area contributed by atoms with E-state index in [1.165, 1.54) is 23.5 Å². The van der Waals surface area contributed by atoms with E-state index in [9.17, 15) is 18.0 Å². The number of carbonyl (C=O) groups excluding carboxylic acids is 2. The fourth-order valence-corrected chi connectivity index (χ4v) is 5.62. The van der Waals surface area contributed by atoms with Crippen LogP contribution in [0.15, 0.2) is 64.9 Å². The summed E-state index contributed by atoms with van der Waals surface area (Å²) in [6.45, 7) is 4.97. The number of aryl methyl sites for hydroxylation is 2. The second-order valence-corrected chi connectivity index (χ2v) is 11.1. The number of amides is 2. The minimum atomic E-state index is -3.74. The van der Waals surface area contributed by atoms with Gasteiger partial charge in [0.05, 0.1) is 9.77 Å². The standard InChI is InChI=1S/C25H27N3O4S2/c1-17-5-6-21(16-18(17)2)27-34(31,32)22-9-7-20(8-10-22)26-24(29)19-11-13-28(14-12-19)25(30)23-4-3-15-33-23/h3-10,15-16,19,27H,11-14H2,1-2H3,(H,26,29). The van der Waals surface area contributed by atoms with Crippen LogP contribution in [0.25, 0.3) is 0 Å². The lowest BCUT2D eigenvalue weighted by atomic mass is 9.95. The number of thiophene rings is 1. The van der Waals surface area contributed by atoms with Gasteiger partial charge < -0.3 is 10.2 Å². The molecule has 0 unspecified atom stereocenters. The topological polar surface area (TPSA) is 95.6 Å². The van der Waals surface area contributed by atoms with Gasteiger partial charge in [-0.25, -0.2) is 8.42 Å². The zero-order valence-corrected chi connectivity index (χ0v) is 20.7. The van der Waals surface area contributed by atoms with Gasteiger partial charge in [0, 0.05) is 30.4 Å². The highest BCUT2D eigenvalue weighted by Crippen LogP contribution is 2.24. The van der Waals surface area contributed by atoms with E-state index in [1.807, 2.05) is 37.4 Å². The molecule has 0 saturated carbocycles. The van der Waals surface area contributed by atoms with E-state index in [2.05, 4.69) is 10.0 Å². The van der Waals surface area contributed by atoms with Gasteiger partial charge in [-0.15, -0.1) is 11.3 Å². The lowest BCUT2D eigenvalue weighted by molar-refractivity contribution is -0.121. The van der Waals surface area contributed by atoms with Crippen molar-refractivity contribution in [3.8, 4) is 0 Å². The molecule has 1 aliphatic rings. The first-order valence-electron chi connectivity index (χ1n) is 11.1. The van der Waals surface area contributed by atoms with E-state index >= 15 is 0 Å². The number of carbonyl (C=O) groups is 2. The SMILES string of the molecule is Cc1ccc(NS(=O)(=O)c2ccc(NC(=O)C3CCN(C(=O)c4cccs4)CC3)cc2)cc1C. The Hall–Kier alpha value is -3.17. The van der Waals surface area contributed by atoms with Gasteiger partial charge in [-0.3, -0.25) is 14.3 Å². The number of piperidine rings is 1. The zero-order valence-electron chi connectivity index (χ0n) is 19.1. The molecule has 1 aliphatic heterocycles. The van der Waals surface area contributed by atoms with Gasteiger partial charge >= 0.3 is 0 Å². The predicted octanol–water partition coefficient (Wildman–Crippen LogP) is 4.66. The molecule has 34 heavy (non-hydrogen) atoms. The van der Waals surface area contributed by atoms with Crippen LogP contribution in [0, 0.1) is 19.8 Å². The van der Waals surface area contributed by atoms with E-state index in [4.69, 9.17) is 0 Å². The quantitative estimate of drug-likeness (QED) is 0.518. The Kier molecular flexibility index (Phi) is 7.04. The molecular formula is C25H27N3O4S2. The van der Waals surface area contributed by atoms with Crippen LogP contribution in [0.3, 0.4) is 0 Å². The molecule has 2 amide bonds. The number of sulfonamides is 1. The van der Waals surface area contributed by atoms with Gasteiger partial charge in [0.25, 0.3) is 15.9 Å². The largest absolute Gasteiger partial charge is 0.338 e. The normalized spacial score (nSPS) is 14.6. The molecule has 9 heteroatoms. The van der Waals surface area contributed by atoms with Crippen molar-refractivity contribution in [2.75, 3.05) is 23.1 Å². The lowest BCUT2D eigenvalue weighted by Gasteiger charge is -2.31. The zero-order chi connectivity index (χ0) is 24.3. The second kappa shape index (κ2) is 9.99. The van der Waals surface area contributed by atoms with Gasteiger partial charge in [0.1, 0.15) is 0 Å². The molecule has 0 atom stereocenters. The number of nitrogens with one attached hydrogen (secondary N) is 2. The summed E-state index contributed by atoms with van der Waals surface area (Å²) in [6, 6.07) is 15.2. The highest BCUT2D eigenvalue weighted by atomic mass is 32.2. The van der Waals surface area contributed by atoms with Gasteiger partial charge in [-0.1, -0.05) is 12.1 Å². The average Bonchev–Trinajstić information content (AvgIpc) is 3.36. The Morgan fingerprint density at radius 3 is 2.24 bits per heavy atom. The van der Waals surface area contributed by atoms with Gasteiger partial charge in [0.15, 0.2) is 0 Å². The van der Waals surface area contributed by atoms with E-state index in [-0.39, 0.29) is 22.6 Å². The van der Waals surface area contributed by atoms with Crippen LogP contribution in [0.2, 0.25) is 0 Å². The van der Waals surface area contributed by atoms with Crippen LogP contribution in [0.5, 0.6) is 0 Å². The van der Waals surface area contributed by atoms with Crippen molar-refractivity contribution in [2.24, 2.45) is 5.92 Å². The Morgan fingerprint density at radius 2 is 1.62 bits per heavy atom. The maximum Gasteiger partial charge on any atom is 0.263 e. The summed E-state index contributed by atoms with van der Waals surface area (Å²) in [6.07, 6.45) is 1.19. The monoisotopic (exact) mass is 497 g/mol. The molecule has 1 saturated heterocycles. The molecule has 0 radical (unpaired) electrons. The number of hydrogen-bond acceptors (Lipinski definition) is 5. The summed E-state index contributed by atoms with van der Waals surface area (Å²) in [4.78, 5) is 27.8. The number of benzene rings is 2. The van der Waals surface area contributed by atoms with Crippen molar-refractivity contribution < 1.29 is 18.0 Å². The summed E-state index contributed by atoms with van der Waals surface area (Å²) < 4.78 is 28.0. The highest BCUT2D eigenvalue weighted by molar-refractivity contribution is 7.92. The molecular weight excluding hydrogens is 470 g/mol. The minimum Gasteiger partial charge on any atom is -0.338 e. The van der Waals surface area contributed by atoms with Crippen molar-refractivity contribution in [2.45, 2.75) is 31.6 Å². The summed E-state index contributed by atoms with van der Waals surface area (Å²) in [5.41, 5.74) is 3.12. The third-order valence-corrected chi connectivity index (χ3v) is 8.33. The van der Waals surface area contributed by atoms with Crippen LogP contribution in [0.4, 0.5) is 11.4 Å². The highest BCUT2D eigenvalue weighted by Gasteiger charge is 2.28. The molecule has 4 rings (SSSR count). The molecule has 2 N–H and O–H groups in total. The van der Waals surface area contributed by atoms with E-state index < -0.39 is 10.0 Å². The van der Waals surface area contributed by atoms with Crippen molar-refractivity contribution in [1.29, 1.82) is 0 Å². The predicted molar refractivity (Wildman–Crippen MR) is 135 cm³/mol. The fraction of sp³-hybridized carbons (Fsp3) is 0.280. The molecule has 1 aromatic heterocycles. The summed E-state index contributed by atoms with van der Waals surface area (Å²) in [7, 11) is -3.74. The third-order valence-electron chi connectivity index (χ3n) is 6.08. The van der Waals surface area contributed by atoms with E-state index in [0.717, 1.165) is 11.1 Å². The molecule has 2 aromatic carbocycles. The molecule has 7 nitrogen and oxygen atoms in total. The molecule has 178 valence electrons. The van der Waals surface area contributed by atoms with Crippen molar-refractivity contribution in [1.82, 2.24) is 4.90 Å². The van der Waals surface area contributed by atoms with Gasteiger partial charge in [-0.2, -0.15) is 0 Å². The number of nitrogens with zero attached hydrogens (tertiary/aromatic N) is 1. The summed E-state index contributed by atoms with van der Waals surface area (Å²) >= 11 is 1.42. The number of hydrogen-bond donors (Lipinski definition) is 2. The fourth-order valence-electron chi connectivity index (χ4n) is 3.88. The molecule has 0 spiro atoms. The number of rotatable bonds is 6. The Bertz CT molecular complexity index is 1280. The van der Waals surface area contributed by atoms with Crippen LogP contribution in [-0.4, -0.2) is 38.2 Å². The first-order chi connectivity index (χ1) is 16.2. The molecule has 2 heterocycles. The summed E-state index contributed by atoms with van der Waals surface area (Å²) in [5.74, 6) is -0.297. The Morgan fingerprint density at radius 1 is 0.941 bits per heavy atom. The van der Waals surface area contributed by atoms with Crippen molar-refractivity contribution >= 4 is 44.5 Å². The smallest absolute Gasteiger partial charge is 0.263 e. The first-order valence-corrected chi connectivity index (χ1v) is 13.4. The average molecular weight is 498 g/mol. The van der Waals surface area contributed by atoms with Crippen LogP contribution >= 0.6 is 11.3 Å². The lowest BCUT2D eigenvalue weighted by Crippen LogP contribution is -2.41. The second-order valence-electron chi connectivity index (χ2n) is 8.46. The van der Waals surface area contributed by atoms with Crippen LogP contribution in [-0.2, 0) is 14.8 Å². The first kappa shape index (κ1) is 24.0. The van der Waals surface area contributed by atoms with Crippen molar-refractivity contribution in [3.05, 3.63) is 76.0 Å². The minimum absolute atomic E-state index is 0.0139. The van der Waals surface area contributed by atoms with Gasteiger partial charge in [-0.05, 0) is 85.7 Å². The molecule has 1 fully saturated rings. The molecule has 0 aliphatic carbocycles. The molecule has 0 bridgehead atoms. The summed E-state index contributed by atoms with van der Waals surface area (Å²) in [5, 5.41) is 4.75. The van der Waals surface area contributed by atoms with Crippen molar-refractivity contribution in [3.63, 3.8) is 0 Å². The molecule has 3 aromatic rings. The Balaban J connectivity index is 1.33. The number of likely N-dealkylation sites (tertiary alicyclic amines) is 1. The van der Waals surface area contributed by atoms with Crippen LogP contribution in [0.1, 0.15) is 33.6 Å². The maximum absolute atomic E-state index is 12.7. The Labute approximate surface area is 203 Å². The van der Waals surface area contributed by atoms with E-state index in [1.54, 1.807) is 29.2 Å².